The first-order valence-electron chi connectivity index (χ1n) is 10.7. The van der Waals surface area contributed by atoms with Gasteiger partial charge in [-0.3, -0.25) is 4.79 Å². The van der Waals surface area contributed by atoms with Crippen LogP contribution in [0.3, 0.4) is 0 Å². The van der Waals surface area contributed by atoms with Crippen LogP contribution in [-0.2, 0) is 4.79 Å². The van der Waals surface area contributed by atoms with Gasteiger partial charge in [-0.2, -0.15) is 0 Å². The zero-order valence-corrected chi connectivity index (χ0v) is 19.3. The fraction of sp³-hybridized carbons (Fsp3) is 0.360. The van der Waals surface area contributed by atoms with E-state index in [1.54, 1.807) is 11.3 Å². The molecule has 162 valence electrons. The molecule has 31 heavy (non-hydrogen) atoms. The molecule has 1 atom stereocenters. The summed E-state index contributed by atoms with van der Waals surface area (Å²) in [6.45, 7) is 9.24. The number of anilines is 1. The second-order valence-corrected chi connectivity index (χ2v) is 9.25. The second kappa shape index (κ2) is 9.10. The molecule has 0 saturated carbocycles. The molecule has 0 spiro atoms. The number of ether oxygens (including phenoxy) is 2. The molecule has 0 bridgehead atoms. The van der Waals surface area contributed by atoms with E-state index in [9.17, 15) is 4.79 Å². The molecule has 0 fully saturated rings. The summed E-state index contributed by atoms with van der Waals surface area (Å²) < 4.78 is 11.9. The van der Waals surface area contributed by atoms with Crippen molar-refractivity contribution in [3.05, 3.63) is 57.9 Å². The topological polar surface area (TPSA) is 51.7 Å². The van der Waals surface area contributed by atoms with E-state index >= 15 is 0 Å². The SMILES string of the molecule is CCC1Oc2ccc(-c3nc(C)sc3C)cc2N(CCCOc2ccc(C)cc2)C1=O. The largest absolute Gasteiger partial charge is 0.494 e. The van der Waals surface area contributed by atoms with Gasteiger partial charge in [0.2, 0.25) is 0 Å². The number of hydrogen-bond acceptors (Lipinski definition) is 5. The number of thiazole rings is 1. The Kier molecular flexibility index (Phi) is 6.28. The van der Waals surface area contributed by atoms with Crippen molar-refractivity contribution < 1.29 is 14.3 Å². The summed E-state index contributed by atoms with van der Waals surface area (Å²) in [6, 6.07) is 14.0. The fourth-order valence-corrected chi connectivity index (χ4v) is 4.64. The average Bonchev–Trinajstić information content (AvgIpc) is 3.11. The molecule has 3 aromatic rings. The first kappa shape index (κ1) is 21.4. The van der Waals surface area contributed by atoms with Gasteiger partial charge in [-0.25, -0.2) is 4.98 Å². The maximum Gasteiger partial charge on any atom is 0.268 e. The summed E-state index contributed by atoms with van der Waals surface area (Å²) in [6.07, 6.45) is 0.926. The molecule has 2 heterocycles. The summed E-state index contributed by atoms with van der Waals surface area (Å²) in [7, 11) is 0. The fourth-order valence-electron chi connectivity index (χ4n) is 3.80. The Morgan fingerprint density at radius 2 is 1.90 bits per heavy atom. The highest BCUT2D eigenvalue weighted by Gasteiger charge is 2.33. The van der Waals surface area contributed by atoms with Crippen LogP contribution in [0, 0.1) is 20.8 Å². The monoisotopic (exact) mass is 436 g/mol. The smallest absolute Gasteiger partial charge is 0.268 e. The number of carbonyl (C=O) groups excluding carboxylic acids is 1. The maximum atomic E-state index is 13.1. The molecule has 1 unspecified atom stereocenters. The Bertz CT molecular complexity index is 1070. The first-order chi connectivity index (χ1) is 15.0. The van der Waals surface area contributed by atoms with Crippen molar-refractivity contribution in [3.63, 3.8) is 0 Å². The van der Waals surface area contributed by atoms with E-state index in [-0.39, 0.29) is 5.91 Å². The summed E-state index contributed by atoms with van der Waals surface area (Å²) in [4.78, 5) is 20.8. The molecule has 0 N–H and O–H groups in total. The van der Waals surface area contributed by atoms with E-state index in [0.29, 0.717) is 19.6 Å². The number of aryl methyl sites for hydroxylation is 3. The standard InChI is InChI=1S/C25H28N2O3S/c1-5-22-25(28)27(13-6-14-29-20-10-7-16(2)8-11-20)21-15-19(9-12-23(21)30-22)24-17(3)31-18(4)26-24/h7-12,15,22H,5-6,13-14H2,1-4H3. The van der Waals surface area contributed by atoms with Crippen molar-refractivity contribution in [2.45, 2.75) is 46.6 Å². The minimum absolute atomic E-state index is 0.00802. The predicted molar refractivity (Wildman–Crippen MR) is 125 cm³/mol. The number of hydrogen-bond donors (Lipinski definition) is 0. The van der Waals surface area contributed by atoms with Crippen LogP contribution in [0.25, 0.3) is 11.3 Å². The van der Waals surface area contributed by atoms with E-state index < -0.39 is 6.10 Å². The lowest BCUT2D eigenvalue weighted by atomic mass is 10.1. The van der Waals surface area contributed by atoms with Gasteiger partial charge in [0.1, 0.15) is 11.5 Å². The Hall–Kier alpha value is -2.86. The van der Waals surface area contributed by atoms with Crippen molar-refractivity contribution in [2.75, 3.05) is 18.1 Å². The highest BCUT2D eigenvalue weighted by Crippen LogP contribution is 2.39. The minimum Gasteiger partial charge on any atom is -0.494 e. The van der Waals surface area contributed by atoms with Crippen molar-refractivity contribution >= 4 is 22.9 Å². The summed E-state index contributed by atoms with van der Waals surface area (Å²) in [5.74, 6) is 1.61. The van der Waals surface area contributed by atoms with Gasteiger partial charge in [-0.05, 0) is 63.9 Å². The van der Waals surface area contributed by atoms with Crippen LogP contribution in [0.15, 0.2) is 42.5 Å². The van der Waals surface area contributed by atoms with Gasteiger partial charge in [-0.1, -0.05) is 24.6 Å². The number of nitrogens with zero attached hydrogens (tertiary/aromatic N) is 2. The van der Waals surface area contributed by atoms with Gasteiger partial charge in [0.05, 0.1) is 23.0 Å². The van der Waals surface area contributed by atoms with Crippen LogP contribution >= 0.6 is 11.3 Å². The van der Waals surface area contributed by atoms with Gasteiger partial charge < -0.3 is 14.4 Å². The van der Waals surface area contributed by atoms with E-state index in [1.165, 1.54) is 10.4 Å². The molecule has 1 aliphatic rings. The zero-order chi connectivity index (χ0) is 22.0. The van der Waals surface area contributed by atoms with Crippen LogP contribution in [0.4, 0.5) is 5.69 Å². The summed E-state index contributed by atoms with van der Waals surface area (Å²) >= 11 is 1.68. The highest BCUT2D eigenvalue weighted by atomic mass is 32.1. The van der Waals surface area contributed by atoms with Crippen LogP contribution in [0.2, 0.25) is 0 Å². The lowest BCUT2D eigenvalue weighted by molar-refractivity contribution is -0.126. The lowest BCUT2D eigenvalue weighted by Crippen LogP contribution is -2.46. The van der Waals surface area contributed by atoms with Gasteiger partial charge in [0.15, 0.2) is 6.10 Å². The Morgan fingerprint density at radius 1 is 1.13 bits per heavy atom. The summed E-state index contributed by atoms with van der Waals surface area (Å²) in [5, 5.41) is 1.04. The summed E-state index contributed by atoms with van der Waals surface area (Å²) in [5.41, 5.74) is 3.99. The Balaban J connectivity index is 1.53. The van der Waals surface area contributed by atoms with E-state index in [1.807, 2.05) is 61.2 Å². The molecular weight excluding hydrogens is 408 g/mol. The number of rotatable bonds is 7. The molecule has 5 nitrogen and oxygen atoms in total. The minimum atomic E-state index is -0.445. The van der Waals surface area contributed by atoms with Gasteiger partial charge >= 0.3 is 0 Å². The number of fused-ring (bicyclic) bond motifs is 1. The van der Waals surface area contributed by atoms with E-state index in [0.717, 1.165) is 39.9 Å². The van der Waals surface area contributed by atoms with Gasteiger partial charge in [0, 0.05) is 17.0 Å². The zero-order valence-electron chi connectivity index (χ0n) is 18.5. The van der Waals surface area contributed by atoms with E-state index in [4.69, 9.17) is 9.47 Å². The molecule has 1 amide bonds. The van der Waals surface area contributed by atoms with Gasteiger partial charge in [-0.15, -0.1) is 11.3 Å². The lowest BCUT2D eigenvalue weighted by Gasteiger charge is -2.34. The normalized spacial score (nSPS) is 15.5. The quantitative estimate of drug-likeness (QED) is 0.445. The van der Waals surface area contributed by atoms with Crippen molar-refractivity contribution in [1.82, 2.24) is 4.98 Å². The van der Waals surface area contributed by atoms with E-state index in [2.05, 4.69) is 18.8 Å². The third kappa shape index (κ3) is 4.59. The maximum absolute atomic E-state index is 13.1. The van der Waals surface area contributed by atoms with Crippen LogP contribution < -0.4 is 14.4 Å². The number of benzene rings is 2. The molecular formula is C25H28N2O3S. The third-order valence-electron chi connectivity index (χ3n) is 5.42. The predicted octanol–water partition coefficient (Wildman–Crippen LogP) is 5.71. The van der Waals surface area contributed by atoms with Crippen molar-refractivity contribution in [2.24, 2.45) is 0 Å². The number of carbonyl (C=O) groups is 1. The molecule has 0 radical (unpaired) electrons. The number of aromatic nitrogens is 1. The highest BCUT2D eigenvalue weighted by molar-refractivity contribution is 7.11. The molecule has 1 aliphatic heterocycles. The van der Waals surface area contributed by atoms with Crippen molar-refractivity contribution in [1.29, 1.82) is 0 Å². The third-order valence-corrected chi connectivity index (χ3v) is 6.31. The Morgan fingerprint density at radius 3 is 2.58 bits per heavy atom. The molecule has 0 saturated heterocycles. The van der Waals surface area contributed by atoms with Gasteiger partial charge in [0.25, 0.3) is 5.91 Å². The van der Waals surface area contributed by atoms with Crippen molar-refractivity contribution in [3.8, 4) is 22.8 Å². The molecule has 1 aromatic heterocycles. The van der Waals surface area contributed by atoms with Crippen LogP contribution in [0.5, 0.6) is 11.5 Å². The Labute approximate surface area is 187 Å². The van der Waals surface area contributed by atoms with Crippen LogP contribution in [-0.4, -0.2) is 30.1 Å². The molecule has 2 aromatic carbocycles. The molecule has 4 rings (SSSR count). The second-order valence-electron chi connectivity index (χ2n) is 7.84. The number of amides is 1. The first-order valence-corrected chi connectivity index (χ1v) is 11.5. The van der Waals surface area contributed by atoms with Crippen LogP contribution in [0.1, 0.15) is 35.2 Å². The average molecular weight is 437 g/mol. The molecule has 0 aliphatic carbocycles. The molecule has 6 heteroatoms.